The lowest BCUT2D eigenvalue weighted by Crippen LogP contribution is -2.50. The van der Waals surface area contributed by atoms with Crippen LogP contribution in [0.2, 0.25) is 0 Å². The summed E-state index contributed by atoms with van der Waals surface area (Å²) in [6.45, 7) is 1.05. The minimum absolute atomic E-state index is 0.0721. The quantitative estimate of drug-likeness (QED) is 0.829. The van der Waals surface area contributed by atoms with Crippen molar-refractivity contribution >= 4 is 11.9 Å². The van der Waals surface area contributed by atoms with E-state index in [2.05, 4.69) is 0 Å². The van der Waals surface area contributed by atoms with Gasteiger partial charge in [0.2, 0.25) is 0 Å². The molecule has 6 heteroatoms. The molecule has 1 aromatic rings. The second-order valence-electron chi connectivity index (χ2n) is 6.01. The minimum Gasteiger partial charge on any atom is -0.481 e. The van der Waals surface area contributed by atoms with Crippen LogP contribution >= 0.6 is 0 Å². The molecule has 1 aliphatic heterocycles. The molecule has 1 saturated heterocycles. The third-order valence-electron chi connectivity index (χ3n) is 4.49. The molecule has 0 aromatic heterocycles. The molecule has 0 aliphatic carbocycles. The first-order valence-corrected chi connectivity index (χ1v) is 7.74. The van der Waals surface area contributed by atoms with Crippen molar-refractivity contribution < 1.29 is 24.5 Å². The molecule has 126 valence electrons. The van der Waals surface area contributed by atoms with Crippen LogP contribution < -0.4 is 0 Å². The summed E-state index contributed by atoms with van der Waals surface area (Å²) < 4.78 is 5.04. The van der Waals surface area contributed by atoms with Crippen molar-refractivity contribution in [3.05, 3.63) is 35.4 Å². The Hall–Kier alpha value is -1.92. The predicted octanol–water partition coefficient (Wildman–Crippen LogP) is 1.52. The molecular formula is C17H23NO5. The van der Waals surface area contributed by atoms with Crippen LogP contribution in [-0.2, 0) is 16.1 Å². The van der Waals surface area contributed by atoms with Crippen molar-refractivity contribution in [1.82, 2.24) is 4.90 Å². The zero-order valence-corrected chi connectivity index (χ0v) is 13.3. The van der Waals surface area contributed by atoms with Crippen LogP contribution in [0.25, 0.3) is 0 Å². The molecule has 1 fully saturated rings. The fraction of sp³-hybridized carbons (Fsp3) is 0.529. The Kier molecular flexibility index (Phi) is 5.74. The molecule has 1 amide bonds. The number of carbonyl (C=O) groups excluding carboxylic acids is 1. The number of carboxylic acids is 1. The number of hydrogen-bond donors (Lipinski definition) is 2. The van der Waals surface area contributed by atoms with Gasteiger partial charge in [-0.2, -0.15) is 0 Å². The highest BCUT2D eigenvalue weighted by Gasteiger charge is 2.43. The van der Waals surface area contributed by atoms with E-state index in [1.807, 2.05) is 0 Å². The monoisotopic (exact) mass is 321 g/mol. The lowest BCUT2D eigenvalue weighted by atomic mass is 9.77. The summed E-state index contributed by atoms with van der Waals surface area (Å²) >= 11 is 0. The molecule has 23 heavy (non-hydrogen) atoms. The van der Waals surface area contributed by atoms with Gasteiger partial charge in [-0.05, 0) is 37.0 Å². The highest BCUT2D eigenvalue weighted by molar-refractivity contribution is 5.94. The fourth-order valence-corrected chi connectivity index (χ4v) is 3.02. The summed E-state index contributed by atoms with van der Waals surface area (Å²) in [5.41, 5.74) is 0.310. The standard InChI is InChI=1S/C17H23NO5/c1-23-10-8-17(16(21)22)7-2-9-18(12-17)15(20)14-5-3-13(11-19)4-6-14/h3-6,19H,2,7-12H2,1H3,(H,21,22). The summed E-state index contributed by atoms with van der Waals surface area (Å²) in [6.07, 6.45) is 1.61. The van der Waals surface area contributed by atoms with Gasteiger partial charge in [0, 0.05) is 32.4 Å². The lowest BCUT2D eigenvalue weighted by Gasteiger charge is -2.40. The van der Waals surface area contributed by atoms with E-state index in [1.165, 1.54) is 0 Å². The number of carbonyl (C=O) groups is 2. The number of aliphatic hydroxyl groups is 1. The van der Waals surface area contributed by atoms with Crippen molar-refractivity contribution in [2.24, 2.45) is 5.41 Å². The van der Waals surface area contributed by atoms with Crippen LogP contribution in [0, 0.1) is 5.41 Å². The second-order valence-corrected chi connectivity index (χ2v) is 6.01. The summed E-state index contributed by atoms with van der Waals surface area (Å²) in [5.74, 6) is -1.04. The van der Waals surface area contributed by atoms with Gasteiger partial charge in [-0.15, -0.1) is 0 Å². The normalized spacial score (nSPS) is 21.2. The van der Waals surface area contributed by atoms with Gasteiger partial charge in [-0.3, -0.25) is 9.59 Å². The van der Waals surface area contributed by atoms with Gasteiger partial charge in [0.1, 0.15) is 0 Å². The molecular weight excluding hydrogens is 298 g/mol. The van der Waals surface area contributed by atoms with E-state index < -0.39 is 11.4 Å². The highest BCUT2D eigenvalue weighted by Crippen LogP contribution is 2.34. The number of piperidine rings is 1. The Morgan fingerprint density at radius 3 is 2.57 bits per heavy atom. The largest absolute Gasteiger partial charge is 0.481 e. The maximum Gasteiger partial charge on any atom is 0.311 e. The van der Waals surface area contributed by atoms with Crippen LogP contribution in [0.5, 0.6) is 0 Å². The van der Waals surface area contributed by atoms with Gasteiger partial charge in [-0.1, -0.05) is 12.1 Å². The van der Waals surface area contributed by atoms with Gasteiger partial charge in [0.25, 0.3) is 5.91 Å². The number of likely N-dealkylation sites (tertiary alicyclic amines) is 1. The van der Waals surface area contributed by atoms with E-state index in [0.29, 0.717) is 38.0 Å². The number of rotatable bonds is 6. The van der Waals surface area contributed by atoms with E-state index in [-0.39, 0.29) is 19.1 Å². The number of aliphatic carboxylic acids is 1. The highest BCUT2D eigenvalue weighted by atomic mass is 16.5. The number of benzene rings is 1. The summed E-state index contributed by atoms with van der Waals surface area (Å²) in [4.78, 5) is 26.0. The maximum absolute atomic E-state index is 12.6. The Balaban J connectivity index is 2.14. The van der Waals surface area contributed by atoms with Crippen LogP contribution in [0.15, 0.2) is 24.3 Å². The van der Waals surface area contributed by atoms with Gasteiger partial charge in [-0.25, -0.2) is 0 Å². The van der Waals surface area contributed by atoms with Gasteiger partial charge >= 0.3 is 5.97 Å². The van der Waals surface area contributed by atoms with Gasteiger partial charge < -0.3 is 19.8 Å². The zero-order chi connectivity index (χ0) is 16.9. The molecule has 1 aliphatic rings. The molecule has 2 N–H and O–H groups in total. The molecule has 2 rings (SSSR count). The van der Waals surface area contributed by atoms with E-state index in [9.17, 15) is 14.7 Å². The molecule has 0 spiro atoms. The van der Waals surface area contributed by atoms with Crippen LogP contribution in [0.4, 0.5) is 0 Å². The van der Waals surface area contributed by atoms with Crippen molar-refractivity contribution in [3.63, 3.8) is 0 Å². The van der Waals surface area contributed by atoms with Crippen LogP contribution in [0.1, 0.15) is 35.2 Å². The van der Waals surface area contributed by atoms with E-state index in [4.69, 9.17) is 9.84 Å². The minimum atomic E-state index is -0.936. The SMILES string of the molecule is COCCC1(C(=O)O)CCCN(C(=O)c2ccc(CO)cc2)C1. The Bertz CT molecular complexity index is 557. The number of aliphatic hydroxyl groups excluding tert-OH is 1. The second kappa shape index (κ2) is 7.57. The number of amides is 1. The maximum atomic E-state index is 12.6. The van der Waals surface area contributed by atoms with Gasteiger partial charge in [0.15, 0.2) is 0 Å². The first-order valence-electron chi connectivity index (χ1n) is 7.74. The summed E-state index contributed by atoms with van der Waals surface area (Å²) in [7, 11) is 1.55. The first-order chi connectivity index (χ1) is 11.0. The van der Waals surface area contributed by atoms with Crippen molar-refractivity contribution in [2.45, 2.75) is 25.9 Å². The predicted molar refractivity (Wildman–Crippen MR) is 84.1 cm³/mol. The zero-order valence-electron chi connectivity index (χ0n) is 13.3. The smallest absolute Gasteiger partial charge is 0.311 e. The Labute approximate surface area is 135 Å². The molecule has 0 radical (unpaired) electrons. The average Bonchev–Trinajstić information content (AvgIpc) is 2.59. The average molecular weight is 321 g/mol. The molecule has 0 saturated carbocycles. The number of ether oxygens (including phenoxy) is 1. The van der Waals surface area contributed by atoms with Crippen molar-refractivity contribution in [3.8, 4) is 0 Å². The number of hydrogen-bond acceptors (Lipinski definition) is 4. The molecule has 6 nitrogen and oxygen atoms in total. The number of nitrogens with zero attached hydrogens (tertiary/aromatic N) is 1. The Morgan fingerprint density at radius 2 is 2.00 bits per heavy atom. The van der Waals surface area contributed by atoms with E-state index in [0.717, 1.165) is 5.56 Å². The van der Waals surface area contributed by atoms with Crippen LogP contribution in [0.3, 0.4) is 0 Å². The van der Waals surface area contributed by atoms with E-state index in [1.54, 1.807) is 36.3 Å². The molecule has 1 unspecified atom stereocenters. The van der Waals surface area contributed by atoms with Gasteiger partial charge in [0.05, 0.1) is 12.0 Å². The number of methoxy groups -OCH3 is 1. The molecule has 0 bridgehead atoms. The van der Waals surface area contributed by atoms with Crippen LogP contribution in [-0.4, -0.2) is 53.8 Å². The summed E-state index contributed by atoms with van der Waals surface area (Å²) in [6, 6.07) is 6.74. The summed E-state index contributed by atoms with van der Waals surface area (Å²) in [5, 5.41) is 18.7. The Morgan fingerprint density at radius 1 is 1.30 bits per heavy atom. The first kappa shape index (κ1) is 17.4. The molecule has 1 heterocycles. The molecule has 1 aromatic carbocycles. The van der Waals surface area contributed by atoms with Crippen molar-refractivity contribution in [1.29, 1.82) is 0 Å². The topological polar surface area (TPSA) is 87.1 Å². The lowest BCUT2D eigenvalue weighted by molar-refractivity contribution is -0.153. The number of carboxylic acid groups (broad SMARTS) is 1. The fourth-order valence-electron chi connectivity index (χ4n) is 3.02. The van der Waals surface area contributed by atoms with E-state index >= 15 is 0 Å². The third-order valence-corrected chi connectivity index (χ3v) is 4.49. The van der Waals surface area contributed by atoms with Crippen molar-refractivity contribution in [2.75, 3.05) is 26.8 Å². The molecule has 1 atom stereocenters. The third kappa shape index (κ3) is 3.89.